The van der Waals surface area contributed by atoms with Gasteiger partial charge in [-0.15, -0.1) is 22.7 Å². The molecule has 0 bridgehead atoms. The second-order valence-electron chi connectivity index (χ2n) is 7.61. The van der Waals surface area contributed by atoms with Crippen LogP contribution < -0.4 is 0 Å². The normalized spacial score (nSPS) is 15.0. The molecular weight excluding hydrogens is 430 g/mol. The highest BCUT2D eigenvalue weighted by molar-refractivity contribution is 7.15. The minimum absolute atomic E-state index is 0.114. The smallest absolute Gasteiger partial charge is 0.257 e. The molecule has 160 valence electrons. The average molecular weight is 454 g/mol. The van der Waals surface area contributed by atoms with Crippen molar-refractivity contribution in [2.45, 2.75) is 20.4 Å². The van der Waals surface area contributed by atoms with Crippen LogP contribution in [-0.2, 0) is 6.54 Å². The van der Waals surface area contributed by atoms with Crippen LogP contribution in [0, 0.1) is 13.8 Å². The van der Waals surface area contributed by atoms with Gasteiger partial charge in [0.2, 0.25) is 11.7 Å². The highest BCUT2D eigenvalue weighted by Crippen LogP contribution is 2.32. The molecule has 1 aliphatic rings. The third-order valence-corrected chi connectivity index (χ3v) is 7.73. The van der Waals surface area contributed by atoms with E-state index in [2.05, 4.69) is 22.0 Å². The van der Waals surface area contributed by atoms with E-state index in [4.69, 9.17) is 4.52 Å². The van der Waals surface area contributed by atoms with Crippen LogP contribution in [0.25, 0.3) is 15.7 Å². The van der Waals surface area contributed by atoms with Gasteiger partial charge in [-0.25, -0.2) is 0 Å². The van der Waals surface area contributed by atoms with E-state index in [0.717, 1.165) is 34.1 Å². The Bertz CT molecular complexity index is 1170. The molecule has 5 heterocycles. The van der Waals surface area contributed by atoms with E-state index in [1.165, 1.54) is 4.88 Å². The van der Waals surface area contributed by atoms with E-state index in [1.807, 2.05) is 58.4 Å². The zero-order valence-corrected chi connectivity index (χ0v) is 19.1. The van der Waals surface area contributed by atoms with E-state index in [-0.39, 0.29) is 5.91 Å². The largest absolute Gasteiger partial charge is 0.338 e. The van der Waals surface area contributed by atoms with Crippen LogP contribution in [0.4, 0.5) is 0 Å². The molecule has 5 rings (SSSR count). The number of carbonyl (C=O) groups excluding carboxylic acids is 1. The van der Waals surface area contributed by atoms with Gasteiger partial charge < -0.3 is 14.0 Å². The lowest BCUT2D eigenvalue weighted by molar-refractivity contribution is 0.0615. The second-order valence-corrected chi connectivity index (χ2v) is 9.76. The van der Waals surface area contributed by atoms with E-state index < -0.39 is 0 Å². The molecule has 0 spiro atoms. The third-order valence-electron chi connectivity index (χ3n) is 5.65. The van der Waals surface area contributed by atoms with Crippen molar-refractivity contribution in [2.24, 2.45) is 0 Å². The van der Waals surface area contributed by atoms with Crippen molar-refractivity contribution in [3.05, 3.63) is 63.9 Å². The fraction of sp³-hybridized carbons (Fsp3) is 0.318. The number of piperazine rings is 1. The fourth-order valence-corrected chi connectivity index (χ4v) is 5.56. The molecule has 0 aromatic carbocycles. The molecule has 0 atom stereocenters. The predicted octanol–water partition coefficient (Wildman–Crippen LogP) is 4.23. The Labute approximate surface area is 188 Å². The molecule has 0 unspecified atom stereocenters. The van der Waals surface area contributed by atoms with Gasteiger partial charge in [0.15, 0.2) is 0 Å². The molecule has 0 N–H and O–H groups in total. The molecule has 0 radical (unpaired) electrons. The predicted molar refractivity (Wildman–Crippen MR) is 122 cm³/mol. The number of thiophene rings is 2. The van der Waals surface area contributed by atoms with Crippen molar-refractivity contribution in [1.82, 2.24) is 24.5 Å². The summed E-state index contributed by atoms with van der Waals surface area (Å²) < 4.78 is 7.47. The van der Waals surface area contributed by atoms with Gasteiger partial charge in [-0.05, 0) is 43.0 Å². The number of amides is 1. The zero-order chi connectivity index (χ0) is 21.4. The first kappa shape index (κ1) is 20.2. The first-order chi connectivity index (χ1) is 15.1. The van der Waals surface area contributed by atoms with Gasteiger partial charge in [-0.3, -0.25) is 9.69 Å². The van der Waals surface area contributed by atoms with E-state index in [9.17, 15) is 4.79 Å². The Hall–Kier alpha value is -2.75. The van der Waals surface area contributed by atoms with Crippen LogP contribution in [0.1, 0.15) is 26.7 Å². The van der Waals surface area contributed by atoms with Gasteiger partial charge in [-0.2, -0.15) is 4.98 Å². The Kier molecular flexibility index (Phi) is 5.47. The fourth-order valence-electron chi connectivity index (χ4n) is 3.80. The van der Waals surface area contributed by atoms with E-state index >= 15 is 0 Å². The van der Waals surface area contributed by atoms with Crippen LogP contribution in [0.5, 0.6) is 0 Å². The molecule has 9 heteroatoms. The third kappa shape index (κ3) is 3.96. The van der Waals surface area contributed by atoms with Crippen molar-refractivity contribution in [3.8, 4) is 15.7 Å². The number of hydrogen-bond acceptors (Lipinski definition) is 7. The number of hydrogen-bond donors (Lipinski definition) is 0. The lowest BCUT2D eigenvalue weighted by Gasteiger charge is -2.34. The van der Waals surface area contributed by atoms with E-state index in [1.54, 1.807) is 22.7 Å². The quantitative estimate of drug-likeness (QED) is 0.453. The van der Waals surface area contributed by atoms with Crippen molar-refractivity contribution in [2.75, 3.05) is 26.2 Å². The van der Waals surface area contributed by atoms with Crippen LogP contribution in [0.2, 0.25) is 0 Å². The molecule has 1 fully saturated rings. The lowest BCUT2D eigenvalue weighted by atomic mass is 10.1. The van der Waals surface area contributed by atoms with Crippen molar-refractivity contribution >= 4 is 28.6 Å². The maximum absolute atomic E-state index is 13.4. The molecule has 1 aliphatic heterocycles. The standard InChI is InChI=1S/C22H23N5O2S2/c1-15-16(2)31-22(27-7-3-4-8-27)19(15)21(28)26-11-9-25(10-12-26)14-18-23-20(24-29-18)17-6-5-13-30-17/h3-8,13H,9-12,14H2,1-2H3. The summed E-state index contributed by atoms with van der Waals surface area (Å²) in [6, 6.07) is 7.93. The first-order valence-electron chi connectivity index (χ1n) is 10.2. The Morgan fingerprint density at radius 3 is 2.61 bits per heavy atom. The number of aromatic nitrogens is 3. The van der Waals surface area contributed by atoms with Gasteiger partial charge in [0.1, 0.15) is 5.00 Å². The maximum atomic E-state index is 13.4. The van der Waals surface area contributed by atoms with Crippen molar-refractivity contribution in [3.63, 3.8) is 0 Å². The summed E-state index contributed by atoms with van der Waals surface area (Å²) in [5, 5.41) is 7.08. The lowest BCUT2D eigenvalue weighted by Crippen LogP contribution is -2.48. The molecule has 1 saturated heterocycles. The number of nitrogens with zero attached hydrogens (tertiary/aromatic N) is 5. The summed E-state index contributed by atoms with van der Waals surface area (Å²) in [6.45, 7) is 7.66. The average Bonchev–Trinajstić information content (AvgIpc) is 3.57. The zero-order valence-electron chi connectivity index (χ0n) is 17.4. The second kappa shape index (κ2) is 8.41. The Morgan fingerprint density at radius 1 is 1.13 bits per heavy atom. The minimum Gasteiger partial charge on any atom is -0.338 e. The summed E-state index contributed by atoms with van der Waals surface area (Å²) in [7, 11) is 0. The minimum atomic E-state index is 0.114. The SMILES string of the molecule is Cc1sc(-n2cccc2)c(C(=O)N2CCN(Cc3nc(-c4cccs4)no3)CC2)c1C. The summed E-state index contributed by atoms with van der Waals surface area (Å²) >= 11 is 3.27. The summed E-state index contributed by atoms with van der Waals surface area (Å²) in [5.74, 6) is 1.37. The summed E-state index contributed by atoms with van der Waals surface area (Å²) in [4.78, 5) is 24.3. The monoisotopic (exact) mass is 453 g/mol. The molecule has 4 aromatic rings. The van der Waals surface area contributed by atoms with Gasteiger partial charge in [0.25, 0.3) is 5.91 Å². The molecule has 7 nitrogen and oxygen atoms in total. The van der Waals surface area contributed by atoms with Crippen LogP contribution >= 0.6 is 22.7 Å². The number of carbonyl (C=O) groups is 1. The molecule has 4 aromatic heterocycles. The van der Waals surface area contributed by atoms with Crippen LogP contribution in [-0.4, -0.2) is 56.6 Å². The van der Waals surface area contributed by atoms with Gasteiger partial charge in [0, 0.05) is 43.4 Å². The van der Waals surface area contributed by atoms with Crippen LogP contribution in [0.15, 0.2) is 46.6 Å². The van der Waals surface area contributed by atoms with Gasteiger partial charge in [0.05, 0.1) is 17.0 Å². The molecule has 31 heavy (non-hydrogen) atoms. The maximum Gasteiger partial charge on any atom is 0.257 e. The Morgan fingerprint density at radius 2 is 1.90 bits per heavy atom. The number of aryl methyl sites for hydroxylation is 1. The Balaban J connectivity index is 1.25. The number of rotatable bonds is 5. The molecular formula is C22H23N5O2S2. The topological polar surface area (TPSA) is 67.4 Å². The van der Waals surface area contributed by atoms with Gasteiger partial charge >= 0.3 is 0 Å². The first-order valence-corrected chi connectivity index (χ1v) is 11.9. The highest BCUT2D eigenvalue weighted by atomic mass is 32.1. The van der Waals surface area contributed by atoms with E-state index in [0.29, 0.717) is 31.3 Å². The summed E-state index contributed by atoms with van der Waals surface area (Å²) in [6.07, 6.45) is 3.99. The van der Waals surface area contributed by atoms with Crippen LogP contribution in [0.3, 0.4) is 0 Å². The molecule has 1 amide bonds. The van der Waals surface area contributed by atoms with Crippen molar-refractivity contribution < 1.29 is 9.32 Å². The van der Waals surface area contributed by atoms with Gasteiger partial charge in [-0.1, -0.05) is 11.2 Å². The summed E-state index contributed by atoms with van der Waals surface area (Å²) in [5.41, 5.74) is 1.90. The highest BCUT2D eigenvalue weighted by Gasteiger charge is 2.28. The molecule has 0 aliphatic carbocycles. The van der Waals surface area contributed by atoms with Crippen molar-refractivity contribution in [1.29, 1.82) is 0 Å². The molecule has 0 saturated carbocycles.